The van der Waals surface area contributed by atoms with Crippen LogP contribution in [0.15, 0.2) is 22.5 Å². The van der Waals surface area contributed by atoms with Crippen molar-refractivity contribution in [2.75, 3.05) is 72.2 Å². The van der Waals surface area contributed by atoms with Crippen molar-refractivity contribution in [1.29, 1.82) is 0 Å². The summed E-state index contributed by atoms with van der Waals surface area (Å²) in [4.78, 5) is 10.8. The Hall–Kier alpha value is -1.19. The van der Waals surface area contributed by atoms with Crippen LogP contribution in [0.4, 0.5) is 0 Å². The summed E-state index contributed by atoms with van der Waals surface area (Å²) in [7, 11) is 0. The average Bonchev–Trinajstić information content (AvgIpc) is 3.22. The minimum absolute atomic E-state index is 0.285. The Morgan fingerprint density at radius 3 is 2.62 bits per heavy atom. The summed E-state index contributed by atoms with van der Waals surface area (Å²) in [5.74, 6) is 0.543. The van der Waals surface area contributed by atoms with E-state index in [-0.39, 0.29) is 6.04 Å². The molecular weight excluding hydrogens is 350 g/mol. The summed E-state index contributed by atoms with van der Waals surface area (Å²) >= 11 is 1.78. The van der Waals surface area contributed by atoms with Crippen molar-refractivity contribution in [3.05, 3.63) is 22.4 Å². The van der Waals surface area contributed by atoms with Gasteiger partial charge in [-0.25, -0.2) is 0 Å². The molecule has 0 bridgehead atoms. The molecule has 0 aromatic carbocycles. The summed E-state index contributed by atoms with van der Waals surface area (Å²) in [6, 6.07) is 4.57. The van der Waals surface area contributed by atoms with Crippen LogP contribution in [0.1, 0.15) is 17.3 Å². The first-order valence-electron chi connectivity index (χ1n) is 9.52. The molecule has 0 amide bonds. The summed E-state index contributed by atoms with van der Waals surface area (Å²) < 4.78 is 10.9. The van der Waals surface area contributed by atoms with Crippen molar-refractivity contribution < 1.29 is 9.47 Å². The number of rotatable bonds is 8. The molecule has 0 saturated carbocycles. The maximum atomic E-state index is 6.09. The molecule has 2 fully saturated rings. The second kappa shape index (κ2) is 10.8. The maximum Gasteiger partial charge on any atom is 0.188 e. The second-order valence-electron chi connectivity index (χ2n) is 6.64. The van der Waals surface area contributed by atoms with Crippen LogP contribution in [0, 0.1) is 0 Å². The molecule has 3 rings (SSSR count). The molecule has 1 aromatic rings. The highest BCUT2D eigenvalue weighted by Crippen LogP contribution is 2.26. The van der Waals surface area contributed by atoms with Crippen molar-refractivity contribution in [2.45, 2.75) is 12.5 Å². The molecule has 2 aliphatic rings. The van der Waals surface area contributed by atoms with Crippen LogP contribution in [0.2, 0.25) is 0 Å². The third kappa shape index (κ3) is 6.21. The number of nitrogens with two attached hydrogens (primary N) is 1. The lowest BCUT2D eigenvalue weighted by Gasteiger charge is -2.33. The van der Waals surface area contributed by atoms with Crippen LogP contribution >= 0.6 is 11.3 Å². The molecule has 7 nitrogen and oxygen atoms in total. The zero-order valence-electron chi connectivity index (χ0n) is 15.4. The molecule has 0 radical (unpaired) electrons. The smallest absolute Gasteiger partial charge is 0.188 e. The fourth-order valence-electron chi connectivity index (χ4n) is 3.34. The van der Waals surface area contributed by atoms with E-state index in [1.807, 2.05) is 0 Å². The van der Waals surface area contributed by atoms with Gasteiger partial charge in [0.1, 0.15) is 0 Å². The molecule has 0 aliphatic carbocycles. The van der Waals surface area contributed by atoms with Gasteiger partial charge in [0.05, 0.1) is 39.0 Å². The van der Waals surface area contributed by atoms with Crippen LogP contribution in [-0.4, -0.2) is 88.0 Å². The van der Waals surface area contributed by atoms with E-state index in [9.17, 15) is 0 Å². The fourth-order valence-corrected chi connectivity index (χ4v) is 4.19. The third-order valence-corrected chi connectivity index (χ3v) is 5.83. The summed E-state index contributed by atoms with van der Waals surface area (Å²) in [5, 5.41) is 5.38. The van der Waals surface area contributed by atoms with Crippen molar-refractivity contribution >= 4 is 17.3 Å². The normalized spacial score (nSPS) is 21.6. The van der Waals surface area contributed by atoms with Crippen LogP contribution in [0.3, 0.4) is 0 Å². The van der Waals surface area contributed by atoms with E-state index < -0.39 is 0 Å². The third-order valence-electron chi connectivity index (χ3n) is 4.85. The molecule has 2 saturated heterocycles. The van der Waals surface area contributed by atoms with Crippen LogP contribution in [0.25, 0.3) is 0 Å². The lowest BCUT2D eigenvalue weighted by molar-refractivity contribution is 0.0187. The quantitative estimate of drug-likeness (QED) is 0.393. The van der Waals surface area contributed by atoms with Crippen LogP contribution in [0.5, 0.6) is 0 Å². The molecule has 26 heavy (non-hydrogen) atoms. The van der Waals surface area contributed by atoms with Crippen LogP contribution < -0.4 is 11.1 Å². The highest BCUT2D eigenvalue weighted by molar-refractivity contribution is 7.10. The van der Waals surface area contributed by atoms with E-state index in [2.05, 4.69) is 37.6 Å². The van der Waals surface area contributed by atoms with E-state index in [0.29, 0.717) is 12.5 Å². The van der Waals surface area contributed by atoms with E-state index >= 15 is 0 Å². The van der Waals surface area contributed by atoms with E-state index in [1.165, 1.54) is 4.88 Å². The molecule has 8 heteroatoms. The second-order valence-corrected chi connectivity index (χ2v) is 7.62. The van der Waals surface area contributed by atoms with Gasteiger partial charge in [0, 0.05) is 37.6 Å². The minimum Gasteiger partial charge on any atom is -0.379 e. The molecule has 3 N–H and O–H groups in total. The van der Waals surface area contributed by atoms with Gasteiger partial charge >= 0.3 is 0 Å². The van der Waals surface area contributed by atoms with Gasteiger partial charge in [-0.3, -0.25) is 14.8 Å². The first-order chi connectivity index (χ1) is 12.8. The molecule has 2 aliphatic heterocycles. The molecule has 1 unspecified atom stereocenters. The predicted molar refractivity (Wildman–Crippen MR) is 106 cm³/mol. The van der Waals surface area contributed by atoms with Crippen LogP contribution in [-0.2, 0) is 9.47 Å². The van der Waals surface area contributed by atoms with Gasteiger partial charge in [-0.2, -0.15) is 0 Å². The Morgan fingerprint density at radius 1 is 1.19 bits per heavy atom. The molecule has 146 valence electrons. The van der Waals surface area contributed by atoms with Crippen molar-refractivity contribution in [1.82, 2.24) is 15.1 Å². The lowest BCUT2D eigenvalue weighted by atomic mass is 10.2. The first-order valence-corrected chi connectivity index (χ1v) is 10.4. The number of nitrogens with zero attached hydrogens (tertiary/aromatic N) is 3. The van der Waals surface area contributed by atoms with Crippen molar-refractivity contribution in [2.24, 2.45) is 10.7 Å². The van der Waals surface area contributed by atoms with Crippen molar-refractivity contribution in [3.63, 3.8) is 0 Å². The highest BCUT2D eigenvalue weighted by Gasteiger charge is 2.23. The number of thiophene rings is 1. The predicted octanol–water partition coefficient (Wildman–Crippen LogP) is 0.748. The zero-order valence-corrected chi connectivity index (χ0v) is 16.3. The molecule has 1 aromatic heterocycles. The summed E-state index contributed by atoms with van der Waals surface area (Å²) in [6.07, 6.45) is 1.06. The van der Waals surface area contributed by atoms with Crippen molar-refractivity contribution in [3.8, 4) is 0 Å². The molecule has 1 atom stereocenters. The van der Waals surface area contributed by atoms with Gasteiger partial charge in [-0.05, 0) is 24.4 Å². The molecule has 0 spiro atoms. The Morgan fingerprint density at radius 2 is 1.92 bits per heavy atom. The number of morpholine rings is 2. The van der Waals surface area contributed by atoms with E-state index in [0.717, 1.165) is 72.1 Å². The Bertz CT molecular complexity index is 528. The standard InChI is InChI=1S/C18H31N5O2S/c19-18(20-4-2-5-22-6-10-24-11-7-22)21-15-16(17-3-1-14-26-17)23-8-12-25-13-9-23/h1,3,14,16H,2,4-13,15H2,(H3,19,20,21). The average molecular weight is 382 g/mol. The number of nitrogens with one attached hydrogen (secondary N) is 1. The zero-order chi connectivity index (χ0) is 18.0. The fraction of sp³-hybridized carbons (Fsp3) is 0.722. The number of aliphatic imine (C=N–C) groups is 1. The molecular formula is C18H31N5O2S. The van der Waals surface area contributed by atoms with Gasteiger partial charge in [-0.15, -0.1) is 11.3 Å². The Balaban J connectivity index is 1.42. The van der Waals surface area contributed by atoms with Gasteiger partial charge < -0.3 is 20.5 Å². The minimum atomic E-state index is 0.285. The van der Waals surface area contributed by atoms with E-state index in [1.54, 1.807) is 11.3 Å². The molecule has 3 heterocycles. The number of hydrogen-bond acceptors (Lipinski definition) is 6. The highest BCUT2D eigenvalue weighted by atomic mass is 32.1. The monoisotopic (exact) mass is 381 g/mol. The van der Waals surface area contributed by atoms with Gasteiger partial charge in [0.25, 0.3) is 0 Å². The van der Waals surface area contributed by atoms with Gasteiger partial charge in [-0.1, -0.05) is 6.07 Å². The Labute approximate surface area is 160 Å². The number of ether oxygens (including phenoxy) is 2. The van der Waals surface area contributed by atoms with E-state index in [4.69, 9.17) is 15.2 Å². The first kappa shape index (κ1) is 19.6. The Kier molecular flexibility index (Phi) is 8.16. The lowest BCUT2D eigenvalue weighted by Crippen LogP contribution is -2.41. The topological polar surface area (TPSA) is 75.3 Å². The number of guanidine groups is 1. The largest absolute Gasteiger partial charge is 0.379 e. The van der Waals surface area contributed by atoms with Gasteiger partial charge in [0.15, 0.2) is 5.96 Å². The van der Waals surface area contributed by atoms with Gasteiger partial charge in [0.2, 0.25) is 0 Å². The number of hydrogen-bond donors (Lipinski definition) is 2. The summed E-state index contributed by atoms with van der Waals surface area (Å²) in [6.45, 7) is 9.87. The summed E-state index contributed by atoms with van der Waals surface area (Å²) in [5.41, 5.74) is 6.09. The SMILES string of the molecule is NC(=NCC(c1cccs1)N1CCOCC1)NCCCN1CCOCC1. The maximum absolute atomic E-state index is 6.09.